The number of carbonyl (C=O) groups excluding carboxylic acids is 1. The maximum absolute atomic E-state index is 14.7. The molecule has 192 valence electrons. The van der Waals surface area contributed by atoms with Crippen molar-refractivity contribution in [1.82, 2.24) is 14.7 Å². The van der Waals surface area contributed by atoms with Crippen molar-refractivity contribution in [3.05, 3.63) is 107 Å². The molecular weight excluding hydrogens is 476 g/mol. The van der Waals surface area contributed by atoms with E-state index in [1.54, 1.807) is 22.9 Å². The number of hydrogen-bond acceptors (Lipinski definition) is 4. The smallest absolute Gasteiger partial charge is 0.257 e. The molecule has 0 spiro atoms. The number of aromatic nitrogens is 2. The molecule has 0 saturated heterocycles. The molecule has 0 atom stereocenters. The number of amides is 1. The minimum atomic E-state index is -0.609. The molecule has 0 aliphatic rings. The van der Waals surface area contributed by atoms with Crippen molar-refractivity contribution in [2.24, 2.45) is 0 Å². The van der Waals surface area contributed by atoms with Crippen LogP contribution in [0, 0.1) is 11.6 Å². The van der Waals surface area contributed by atoms with Gasteiger partial charge in [-0.15, -0.1) is 0 Å². The fraction of sp³-hybridized carbons (Fsp3) is 0.241. The third-order valence-corrected chi connectivity index (χ3v) is 5.86. The Morgan fingerprint density at radius 2 is 1.59 bits per heavy atom. The van der Waals surface area contributed by atoms with Gasteiger partial charge in [0.05, 0.1) is 35.7 Å². The van der Waals surface area contributed by atoms with E-state index in [2.05, 4.69) is 0 Å². The summed E-state index contributed by atoms with van der Waals surface area (Å²) in [4.78, 5) is 15.0. The molecule has 3 aromatic carbocycles. The van der Waals surface area contributed by atoms with Crippen molar-refractivity contribution in [2.75, 3.05) is 20.3 Å². The molecule has 6 nitrogen and oxygen atoms in total. The summed E-state index contributed by atoms with van der Waals surface area (Å²) in [5.41, 5.74) is 1.95. The Morgan fingerprint density at radius 3 is 2.24 bits per heavy atom. The van der Waals surface area contributed by atoms with Crippen LogP contribution in [0.2, 0.25) is 0 Å². The Labute approximate surface area is 215 Å². The first-order chi connectivity index (χ1) is 17.9. The standard InChI is InChI=1S/C29H29F2N3O3/c1-20(2)27-23(19-33(17-18-36-3)28(35)22-13-7-8-14-24(22)30)29(37-26-16-10-9-15-25(26)31)34(32-27)21-11-5-4-6-12-21/h4-16,20H,17-19H2,1-3H3. The first-order valence-corrected chi connectivity index (χ1v) is 12.0. The Hall–Kier alpha value is -4.04. The lowest BCUT2D eigenvalue weighted by Gasteiger charge is -2.24. The molecule has 37 heavy (non-hydrogen) atoms. The molecule has 0 radical (unpaired) electrons. The molecule has 0 bridgehead atoms. The third-order valence-electron chi connectivity index (χ3n) is 5.86. The monoisotopic (exact) mass is 505 g/mol. The molecular formula is C29H29F2N3O3. The number of benzene rings is 3. The van der Waals surface area contributed by atoms with Crippen LogP contribution in [0.1, 0.15) is 41.4 Å². The second kappa shape index (κ2) is 11.8. The van der Waals surface area contributed by atoms with Gasteiger partial charge in [0.25, 0.3) is 5.91 Å². The minimum Gasteiger partial charge on any atom is -0.435 e. The van der Waals surface area contributed by atoms with Crippen molar-refractivity contribution >= 4 is 5.91 Å². The lowest BCUT2D eigenvalue weighted by Crippen LogP contribution is -2.34. The van der Waals surface area contributed by atoms with Crippen LogP contribution in [0.5, 0.6) is 11.6 Å². The summed E-state index contributed by atoms with van der Waals surface area (Å²) >= 11 is 0. The zero-order valence-corrected chi connectivity index (χ0v) is 21.0. The molecule has 1 aromatic heterocycles. The van der Waals surface area contributed by atoms with E-state index < -0.39 is 17.5 Å². The van der Waals surface area contributed by atoms with E-state index >= 15 is 0 Å². The quantitative estimate of drug-likeness (QED) is 0.252. The zero-order valence-electron chi connectivity index (χ0n) is 21.0. The Bertz CT molecular complexity index is 1360. The highest BCUT2D eigenvalue weighted by Gasteiger charge is 2.28. The molecule has 1 amide bonds. The summed E-state index contributed by atoms with van der Waals surface area (Å²) in [5.74, 6) is -1.37. The number of carbonyl (C=O) groups is 1. The predicted octanol–water partition coefficient (Wildman–Crippen LogP) is 6.36. The van der Waals surface area contributed by atoms with Crippen LogP contribution < -0.4 is 4.74 Å². The third kappa shape index (κ3) is 5.86. The minimum absolute atomic E-state index is 0.0278. The van der Waals surface area contributed by atoms with E-state index in [1.165, 1.54) is 42.3 Å². The van der Waals surface area contributed by atoms with Crippen LogP contribution >= 0.6 is 0 Å². The first-order valence-electron chi connectivity index (χ1n) is 12.0. The number of methoxy groups -OCH3 is 1. The molecule has 4 aromatic rings. The SMILES string of the molecule is COCCN(Cc1c(C(C)C)nn(-c2ccccc2)c1Oc1ccccc1F)C(=O)c1ccccc1F. The number of halogens is 2. The van der Waals surface area contributed by atoms with E-state index in [0.717, 1.165) is 0 Å². The van der Waals surface area contributed by atoms with E-state index in [4.69, 9.17) is 14.6 Å². The van der Waals surface area contributed by atoms with E-state index in [1.807, 2.05) is 44.2 Å². The second-order valence-corrected chi connectivity index (χ2v) is 8.80. The molecule has 0 unspecified atom stereocenters. The van der Waals surface area contributed by atoms with Crippen molar-refractivity contribution in [3.8, 4) is 17.3 Å². The number of hydrogen-bond donors (Lipinski definition) is 0. The van der Waals surface area contributed by atoms with Crippen molar-refractivity contribution in [2.45, 2.75) is 26.3 Å². The van der Waals surface area contributed by atoms with Crippen molar-refractivity contribution < 1.29 is 23.0 Å². The van der Waals surface area contributed by atoms with Gasteiger partial charge < -0.3 is 14.4 Å². The van der Waals surface area contributed by atoms with Gasteiger partial charge in [-0.25, -0.2) is 13.5 Å². The van der Waals surface area contributed by atoms with Crippen LogP contribution in [0.25, 0.3) is 5.69 Å². The largest absolute Gasteiger partial charge is 0.435 e. The summed E-state index contributed by atoms with van der Waals surface area (Å²) in [6.45, 7) is 4.46. The van der Waals surface area contributed by atoms with Gasteiger partial charge in [-0.3, -0.25) is 4.79 Å². The molecule has 0 saturated carbocycles. The summed E-state index contributed by atoms with van der Waals surface area (Å²) < 4.78 is 42.2. The van der Waals surface area contributed by atoms with Gasteiger partial charge in [0.2, 0.25) is 5.88 Å². The van der Waals surface area contributed by atoms with Gasteiger partial charge in [-0.2, -0.15) is 5.10 Å². The van der Waals surface area contributed by atoms with E-state index in [9.17, 15) is 13.6 Å². The summed E-state index contributed by atoms with van der Waals surface area (Å²) in [6, 6.07) is 21.3. The predicted molar refractivity (Wildman–Crippen MR) is 137 cm³/mol. The average Bonchev–Trinajstić information content (AvgIpc) is 3.26. The Balaban J connectivity index is 1.85. The highest BCUT2D eigenvalue weighted by Crippen LogP contribution is 2.35. The number of rotatable bonds is 10. The number of nitrogens with zero attached hydrogens (tertiary/aromatic N) is 3. The van der Waals surface area contributed by atoms with Crippen LogP contribution in [-0.4, -0.2) is 40.8 Å². The van der Waals surface area contributed by atoms with Gasteiger partial charge >= 0.3 is 0 Å². The molecule has 0 aliphatic carbocycles. The van der Waals surface area contributed by atoms with Crippen molar-refractivity contribution in [1.29, 1.82) is 0 Å². The number of para-hydroxylation sites is 2. The van der Waals surface area contributed by atoms with E-state index in [-0.39, 0.29) is 42.8 Å². The van der Waals surface area contributed by atoms with Gasteiger partial charge in [0.15, 0.2) is 11.6 Å². The molecule has 8 heteroatoms. The lowest BCUT2D eigenvalue weighted by atomic mass is 10.0. The fourth-order valence-electron chi connectivity index (χ4n) is 3.99. The topological polar surface area (TPSA) is 56.6 Å². The van der Waals surface area contributed by atoms with Gasteiger partial charge in [-0.05, 0) is 42.3 Å². The molecule has 4 rings (SSSR count). The molecule has 0 N–H and O–H groups in total. The highest BCUT2D eigenvalue weighted by molar-refractivity contribution is 5.94. The maximum Gasteiger partial charge on any atom is 0.257 e. The molecule has 0 aliphatic heterocycles. The second-order valence-electron chi connectivity index (χ2n) is 8.80. The van der Waals surface area contributed by atoms with Gasteiger partial charge in [0, 0.05) is 13.7 Å². The number of ether oxygens (including phenoxy) is 2. The van der Waals surface area contributed by atoms with Crippen molar-refractivity contribution in [3.63, 3.8) is 0 Å². The maximum atomic E-state index is 14.7. The Morgan fingerprint density at radius 1 is 0.946 bits per heavy atom. The summed E-state index contributed by atoms with van der Waals surface area (Å²) in [7, 11) is 1.53. The van der Waals surface area contributed by atoms with Gasteiger partial charge in [0.1, 0.15) is 5.82 Å². The Kier molecular flexibility index (Phi) is 8.30. The van der Waals surface area contributed by atoms with Crippen LogP contribution in [0.4, 0.5) is 8.78 Å². The molecule has 0 fully saturated rings. The van der Waals surface area contributed by atoms with Crippen LogP contribution in [-0.2, 0) is 11.3 Å². The highest BCUT2D eigenvalue weighted by atomic mass is 19.1. The average molecular weight is 506 g/mol. The van der Waals surface area contributed by atoms with Gasteiger partial charge in [-0.1, -0.05) is 56.3 Å². The zero-order chi connectivity index (χ0) is 26.4. The van der Waals surface area contributed by atoms with E-state index in [0.29, 0.717) is 16.9 Å². The first kappa shape index (κ1) is 26.0. The molecule has 1 heterocycles. The normalized spacial score (nSPS) is 11.1. The lowest BCUT2D eigenvalue weighted by molar-refractivity contribution is 0.0674. The van der Waals surface area contributed by atoms with Crippen LogP contribution in [0.15, 0.2) is 78.9 Å². The fourth-order valence-corrected chi connectivity index (χ4v) is 3.99. The summed E-state index contributed by atoms with van der Waals surface area (Å²) in [5, 5.41) is 4.81. The van der Waals surface area contributed by atoms with Crippen LogP contribution in [0.3, 0.4) is 0 Å². The summed E-state index contributed by atoms with van der Waals surface area (Å²) in [6.07, 6.45) is 0.